The number of nitrogens with one attached hydrogen (secondary N) is 1. The van der Waals surface area contributed by atoms with E-state index in [4.69, 9.17) is 15.9 Å². The molecule has 1 aromatic carbocycles. The maximum atomic E-state index is 13.0. The maximum absolute atomic E-state index is 13.0. The lowest BCUT2D eigenvalue weighted by Gasteiger charge is -2.00. The minimum absolute atomic E-state index is 0. The van der Waals surface area contributed by atoms with Crippen LogP contribution >= 0.6 is 46.8 Å². The third-order valence-electron chi connectivity index (χ3n) is 3.29. The van der Waals surface area contributed by atoms with Gasteiger partial charge in [0.15, 0.2) is 0 Å². The summed E-state index contributed by atoms with van der Waals surface area (Å²) < 4.78 is 32.9. The molecule has 0 spiro atoms. The van der Waals surface area contributed by atoms with Crippen molar-refractivity contribution in [2.45, 2.75) is 20.4 Å². The standard InChI is InChI=1S/C15H15N3O3S4.ClH/c1-3-21-8-4-5-9-10(6-8)24-15(18-9)25(19,20)12-7-11(13(16)17)23-14(12)22-2;/h4-7H,3H2,1-2H3,(H3,16,17);1H. The molecule has 11 heteroatoms. The first-order valence-corrected chi connectivity index (χ1v) is 11.5. The van der Waals surface area contributed by atoms with Gasteiger partial charge in [0.2, 0.25) is 14.2 Å². The number of hydrogen-bond donors (Lipinski definition) is 2. The van der Waals surface area contributed by atoms with E-state index in [0.29, 0.717) is 27.0 Å². The smallest absolute Gasteiger partial charge is 0.235 e. The summed E-state index contributed by atoms with van der Waals surface area (Å²) in [5.74, 6) is 0.536. The third kappa shape index (κ3) is 3.84. The lowest BCUT2D eigenvalue weighted by Crippen LogP contribution is -2.08. The predicted molar refractivity (Wildman–Crippen MR) is 111 cm³/mol. The fraction of sp³-hybridized carbons (Fsp3) is 0.200. The highest BCUT2D eigenvalue weighted by Crippen LogP contribution is 2.39. The third-order valence-corrected chi connectivity index (χ3v) is 9.02. The topological polar surface area (TPSA) is 106 Å². The van der Waals surface area contributed by atoms with Crippen LogP contribution in [0.3, 0.4) is 0 Å². The van der Waals surface area contributed by atoms with Crippen molar-refractivity contribution in [3.63, 3.8) is 0 Å². The zero-order chi connectivity index (χ0) is 18.2. The average molecular weight is 450 g/mol. The molecule has 3 N–H and O–H groups in total. The van der Waals surface area contributed by atoms with Gasteiger partial charge in [-0.05, 0) is 37.4 Å². The molecule has 0 aliphatic heterocycles. The summed E-state index contributed by atoms with van der Waals surface area (Å²) >= 11 is 3.62. The maximum Gasteiger partial charge on any atom is 0.235 e. The average Bonchev–Trinajstić information content (AvgIpc) is 3.19. The summed E-state index contributed by atoms with van der Waals surface area (Å²) in [6.45, 7) is 2.43. The number of thioether (sulfide) groups is 1. The van der Waals surface area contributed by atoms with Crippen molar-refractivity contribution in [1.29, 1.82) is 5.41 Å². The summed E-state index contributed by atoms with van der Waals surface area (Å²) in [7, 11) is -3.78. The highest BCUT2D eigenvalue weighted by Gasteiger charge is 2.28. The van der Waals surface area contributed by atoms with Crippen LogP contribution in [0.15, 0.2) is 37.7 Å². The molecule has 3 rings (SSSR count). The van der Waals surface area contributed by atoms with Crippen LogP contribution in [-0.2, 0) is 9.84 Å². The number of nitrogens with two attached hydrogens (primary N) is 1. The number of thiophene rings is 1. The lowest BCUT2D eigenvalue weighted by molar-refractivity contribution is 0.341. The van der Waals surface area contributed by atoms with Crippen LogP contribution in [0.2, 0.25) is 0 Å². The monoisotopic (exact) mass is 449 g/mol. The first kappa shape index (κ1) is 21.0. The predicted octanol–water partition coefficient (Wildman–Crippen LogP) is 4.02. The Bertz CT molecular complexity index is 1060. The van der Waals surface area contributed by atoms with Crippen LogP contribution < -0.4 is 10.5 Å². The quantitative estimate of drug-likeness (QED) is 0.334. The number of rotatable bonds is 6. The Labute approximate surface area is 169 Å². The number of benzene rings is 1. The van der Waals surface area contributed by atoms with E-state index in [1.165, 1.54) is 29.2 Å². The number of amidine groups is 1. The van der Waals surface area contributed by atoms with Gasteiger partial charge in [0.25, 0.3) is 0 Å². The van der Waals surface area contributed by atoms with Crippen LogP contribution in [0.4, 0.5) is 0 Å². The Hall–Kier alpha value is -1.33. The molecule has 6 nitrogen and oxygen atoms in total. The van der Waals surface area contributed by atoms with Crippen LogP contribution in [0.1, 0.15) is 11.8 Å². The summed E-state index contributed by atoms with van der Waals surface area (Å²) in [5, 5.41) is 7.54. The zero-order valence-corrected chi connectivity index (χ0v) is 17.9. The summed E-state index contributed by atoms with van der Waals surface area (Å²) in [4.78, 5) is 4.86. The van der Waals surface area contributed by atoms with Crippen molar-refractivity contribution in [2.24, 2.45) is 5.73 Å². The van der Waals surface area contributed by atoms with Gasteiger partial charge >= 0.3 is 0 Å². The lowest BCUT2D eigenvalue weighted by atomic mass is 10.3. The number of nitrogen functional groups attached to an aromatic ring is 1. The molecule has 26 heavy (non-hydrogen) atoms. The number of ether oxygens (including phenoxy) is 1. The molecule has 0 aliphatic rings. The number of nitrogens with zero attached hydrogens (tertiary/aromatic N) is 1. The fourth-order valence-electron chi connectivity index (χ4n) is 2.17. The molecule has 0 unspecified atom stereocenters. The second-order valence-corrected chi connectivity index (χ2v) is 10.2. The summed E-state index contributed by atoms with van der Waals surface area (Å²) in [6.07, 6.45) is 1.79. The molecule has 3 aromatic rings. The molecular weight excluding hydrogens is 434 g/mol. The molecule has 2 aromatic heterocycles. The Morgan fingerprint density at radius 3 is 2.69 bits per heavy atom. The second kappa shape index (κ2) is 8.13. The Kier molecular flexibility index (Phi) is 6.56. The minimum atomic E-state index is -3.78. The van der Waals surface area contributed by atoms with E-state index >= 15 is 0 Å². The molecule has 0 radical (unpaired) electrons. The fourth-order valence-corrected chi connectivity index (χ4v) is 7.39. The molecule has 0 fully saturated rings. The molecule has 0 amide bonds. The summed E-state index contributed by atoms with van der Waals surface area (Å²) in [6, 6.07) is 6.76. The van der Waals surface area contributed by atoms with Gasteiger partial charge in [-0.15, -0.1) is 46.8 Å². The van der Waals surface area contributed by atoms with Crippen molar-refractivity contribution in [1.82, 2.24) is 4.98 Å². The van der Waals surface area contributed by atoms with Gasteiger partial charge in [0.05, 0.1) is 30.8 Å². The molecule has 140 valence electrons. The zero-order valence-electron chi connectivity index (χ0n) is 13.8. The SMILES string of the molecule is CCOc1ccc2nc(S(=O)(=O)c3cc(C(=N)N)sc3SC)sc2c1.Cl. The highest BCUT2D eigenvalue weighted by atomic mass is 35.5. The van der Waals surface area contributed by atoms with E-state index in [1.54, 1.807) is 24.5 Å². The van der Waals surface area contributed by atoms with Gasteiger partial charge < -0.3 is 10.5 Å². The molecule has 0 saturated carbocycles. The van der Waals surface area contributed by atoms with Crippen molar-refractivity contribution in [3.05, 3.63) is 29.1 Å². The molecule has 0 aliphatic carbocycles. The second-order valence-electron chi connectivity index (χ2n) is 4.93. The largest absolute Gasteiger partial charge is 0.494 e. The van der Waals surface area contributed by atoms with E-state index in [1.807, 2.05) is 6.92 Å². The minimum Gasteiger partial charge on any atom is -0.494 e. The van der Waals surface area contributed by atoms with Crippen LogP contribution in [0.5, 0.6) is 5.75 Å². The van der Waals surface area contributed by atoms with Crippen molar-refractivity contribution in [3.8, 4) is 5.75 Å². The Morgan fingerprint density at radius 1 is 1.35 bits per heavy atom. The van der Waals surface area contributed by atoms with E-state index in [2.05, 4.69) is 4.98 Å². The van der Waals surface area contributed by atoms with Gasteiger partial charge in [-0.25, -0.2) is 13.4 Å². The van der Waals surface area contributed by atoms with Crippen LogP contribution in [-0.4, -0.2) is 32.1 Å². The Balaban J connectivity index is 0.00000243. The summed E-state index contributed by atoms with van der Waals surface area (Å²) in [5.41, 5.74) is 6.11. The Morgan fingerprint density at radius 2 is 2.08 bits per heavy atom. The normalized spacial score (nSPS) is 11.3. The first-order chi connectivity index (χ1) is 11.9. The number of aromatic nitrogens is 1. The molecule has 0 atom stereocenters. The van der Waals surface area contributed by atoms with Crippen molar-refractivity contribution >= 4 is 72.7 Å². The number of thiazole rings is 1. The number of sulfone groups is 1. The van der Waals surface area contributed by atoms with Crippen LogP contribution in [0.25, 0.3) is 10.2 Å². The van der Waals surface area contributed by atoms with Gasteiger partial charge in [-0.2, -0.15) is 0 Å². The van der Waals surface area contributed by atoms with Gasteiger partial charge in [0.1, 0.15) is 11.6 Å². The molecule has 0 bridgehead atoms. The van der Waals surface area contributed by atoms with Crippen molar-refractivity contribution in [2.75, 3.05) is 12.9 Å². The molecular formula is C15H16ClN3O3S4. The molecule has 2 heterocycles. The van der Waals surface area contributed by atoms with Crippen LogP contribution in [0, 0.1) is 5.41 Å². The van der Waals surface area contributed by atoms with E-state index in [9.17, 15) is 8.42 Å². The van der Waals surface area contributed by atoms with E-state index < -0.39 is 9.84 Å². The van der Waals surface area contributed by atoms with E-state index in [-0.39, 0.29) is 27.5 Å². The number of halogens is 1. The number of hydrogen-bond acceptors (Lipinski definition) is 8. The van der Waals surface area contributed by atoms with Crippen molar-refractivity contribution < 1.29 is 13.2 Å². The molecule has 0 saturated heterocycles. The van der Waals surface area contributed by atoms with E-state index in [0.717, 1.165) is 16.0 Å². The van der Waals surface area contributed by atoms with Gasteiger partial charge in [-0.1, -0.05) is 0 Å². The number of fused-ring (bicyclic) bond motifs is 1. The first-order valence-electron chi connectivity index (χ1n) is 7.17. The highest BCUT2D eigenvalue weighted by molar-refractivity contribution is 8.01. The van der Waals surface area contributed by atoms with Gasteiger partial charge in [0, 0.05) is 0 Å². The van der Waals surface area contributed by atoms with Gasteiger partial charge in [-0.3, -0.25) is 5.41 Å².